The molecule has 0 aliphatic carbocycles. The number of carbonyl (C=O) groups excluding carboxylic acids is 2. The zero-order valence-corrected chi connectivity index (χ0v) is 13.5. The van der Waals surface area contributed by atoms with E-state index >= 15 is 0 Å². The molecule has 1 aliphatic rings. The number of likely N-dealkylation sites (tertiary alicyclic amines) is 1. The molecule has 2 rings (SSSR count). The van der Waals surface area contributed by atoms with Crippen molar-refractivity contribution in [2.45, 2.75) is 19.3 Å². The average Bonchev–Trinajstić information content (AvgIpc) is 2.54. The zero-order valence-electron chi connectivity index (χ0n) is 13.5. The van der Waals surface area contributed by atoms with Crippen LogP contribution in [0, 0.1) is 0 Å². The summed E-state index contributed by atoms with van der Waals surface area (Å²) < 4.78 is 0. The molecule has 1 aromatic carbocycles. The van der Waals surface area contributed by atoms with E-state index in [0.29, 0.717) is 17.7 Å². The molecule has 2 amide bonds. The quantitative estimate of drug-likeness (QED) is 0.899. The van der Waals surface area contributed by atoms with Gasteiger partial charge in [0.2, 0.25) is 0 Å². The molecule has 0 radical (unpaired) electrons. The summed E-state index contributed by atoms with van der Waals surface area (Å²) in [5, 5.41) is 2.87. The molecule has 120 valence electrons. The minimum atomic E-state index is -0.129. The fourth-order valence-electron chi connectivity index (χ4n) is 2.57. The number of rotatable bonds is 5. The summed E-state index contributed by atoms with van der Waals surface area (Å²) in [6, 6.07) is 7.01. The lowest BCUT2D eigenvalue weighted by atomic mass is 10.1. The van der Waals surface area contributed by atoms with E-state index < -0.39 is 0 Å². The smallest absolute Gasteiger partial charge is 0.253 e. The van der Waals surface area contributed by atoms with Crippen molar-refractivity contribution in [1.29, 1.82) is 0 Å². The van der Waals surface area contributed by atoms with Gasteiger partial charge < -0.3 is 15.1 Å². The molecule has 1 saturated heterocycles. The Labute approximate surface area is 132 Å². The fourth-order valence-corrected chi connectivity index (χ4v) is 2.57. The van der Waals surface area contributed by atoms with E-state index in [4.69, 9.17) is 0 Å². The molecule has 22 heavy (non-hydrogen) atoms. The molecule has 1 heterocycles. The van der Waals surface area contributed by atoms with Crippen molar-refractivity contribution in [3.63, 3.8) is 0 Å². The number of nitrogens with zero attached hydrogens (tertiary/aromatic N) is 2. The Morgan fingerprint density at radius 2 is 1.82 bits per heavy atom. The van der Waals surface area contributed by atoms with Crippen molar-refractivity contribution in [2.75, 3.05) is 40.3 Å². The van der Waals surface area contributed by atoms with Crippen LogP contribution < -0.4 is 5.32 Å². The lowest BCUT2D eigenvalue weighted by Gasteiger charge is -2.26. The fraction of sp³-hybridized carbons (Fsp3) is 0.529. The van der Waals surface area contributed by atoms with Gasteiger partial charge in [0, 0.05) is 37.3 Å². The van der Waals surface area contributed by atoms with E-state index in [1.807, 2.05) is 23.9 Å². The number of amides is 2. The van der Waals surface area contributed by atoms with Crippen LogP contribution in [0.5, 0.6) is 0 Å². The lowest BCUT2D eigenvalue weighted by molar-refractivity contribution is 0.0724. The molecular formula is C17H25N3O2. The number of nitrogens with one attached hydrogen (secondary N) is 1. The summed E-state index contributed by atoms with van der Waals surface area (Å²) >= 11 is 0. The largest absolute Gasteiger partial charge is 0.351 e. The Kier molecular flexibility index (Phi) is 5.95. The van der Waals surface area contributed by atoms with E-state index in [1.165, 1.54) is 6.42 Å². The van der Waals surface area contributed by atoms with E-state index in [0.717, 1.165) is 32.5 Å². The Morgan fingerprint density at radius 1 is 1.14 bits per heavy atom. The summed E-state index contributed by atoms with van der Waals surface area (Å²) in [6.07, 6.45) is 3.32. The van der Waals surface area contributed by atoms with Gasteiger partial charge in [-0.05, 0) is 51.6 Å². The normalized spacial score (nSPS) is 15.0. The molecule has 1 aliphatic heterocycles. The van der Waals surface area contributed by atoms with Crippen LogP contribution in [0.2, 0.25) is 0 Å². The summed E-state index contributed by atoms with van der Waals surface area (Å²) in [5.41, 5.74) is 1.14. The molecule has 0 saturated carbocycles. The Hall–Kier alpha value is -1.88. The van der Waals surface area contributed by atoms with Crippen LogP contribution in [0.25, 0.3) is 0 Å². The molecule has 5 nitrogen and oxygen atoms in total. The SMILES string of the molecule is CN(C)CCNC(=O)c1cccc(C(=O)N2CCCCC2)c1. The van der Waals surface area contributed by atoms with Crippen molar-refractivity contribution in [1.82, 2.24) is 15.1 Å². The highest BCUT2D eigenvalue weighted by molar-refractivity contribution is 5.99. The summed E-state index contributed by atoms with van der Waals surface area (Å²) in [4.78, 5) is 28.5. The van der Waals surface area contributed by atoms with Gasteiger partial charge in [0.05, 0.1) is 0 Å². The summed E-state index contributed by atoms with van der Waals surface area (Å²) in [7, 11) is 3.92. The second kappa shape index (κ2) is 7.94. The summed E-state index contributed by atoms with van der Waals surface area (Å²) in [5.74, 6) is -0.0993. The van der Waals surface area contributed by atoms with Gasteiger partial charge in [0.15, 0.2) is 0 Å². The number of benzene rings is 1. The highest BCUT2D eigenvalue weighted by atomic mass is 16.2. The standard InChI is InChI=1S/C17H25N3O2/c1-19(2)12-9-18-16(21)14-7-6-8-15(13-14)17(22)20-10-4-3-5-11-20/h6-8,13H,3-5,9-12H2,1-2H3,(H,18,21). The van der Waals surface area contributed by atoms with E-state index in [-0.39, 0.29) is 11.8 Å². The molecule has 0 bridgehead atoms. The van der Waals surface area contributed by atoms with Crippen LogP contribution in [-0.4, -0.2) is 61.9 Å². The number of hydrogen-bond acceptors (Lipinski definition) is 3. The highest BCUT2D eigenvalue weighted by Crippen LogP contribution is 2.14. The van der Waals surface area contributed by atoms with Crippen LogP contribution >= 0.6 is 0 Å². The second-order valence-corrected chi connectivity index (χ2v) is 5.99. The van der Waals surface area contributed by atoms with Crippen LogP contribution in [-0.2, 0) is 0 Å². The van der Waals surface area contributed by atoms with Crippen molar-refractivity contribution < 1.29 is 9.59 Å². The van der Waals surface area contributed by atoms with Crippen LogP contribution in [0.3, 0.4) is 0 Å². The van der Waals surface area contributed by atoms with Crippen LogP contribution in [0.15, 0.2) is 24.3 Å². The first-order valence-electron chi connectivity index (χ1n) is 7.90. The zero-order chi connectivity index (χ0) is 15.9. The average molecular weight is 303 g/mol. The highest BCUT2D eigenvalue weighted by Gasteiger charge is 2.19. The van der Waals surface area contributed by atoms with Gasteiger partial charge in [0.1, 0.15) is 0 Å². The number of piperidine rings is 1. The maximum Gasteiger partial charge on any atom is 0.253 e. The van der Waals surface area contributed by atoms with E-state index in [9.17, 15) is 9.59 Å². The second-order valence-electron chi connectivity index (χ2n) is 5.99. The minimum absolute atomic E-state index is 0.0302. The van der Waals surface area contributed by atoms with Crippen LogP contribution in [0.1, 0.15) is 40.0 Å². The maximum absolute atomic E-state index is 12.5. The number of hydrogen-bond donors (Lipinski definition) is 1. The monoisotopic (exact) mass is 303 g/mol. The molecule has 0 unspecified atom stereocenters. The molecule has 1 aromatic rings. The molecule has 0 atom stereocenters. The van der Waals surface area contributed by atoms with Gasteiger partial charge in [-0.15, -0.1) is 0 Å². The first-order chi connectivity index (χ1) is 10.6. The third-order valence-corrected chi connectivity index (χ3v) is 3.86. The topological polar surface area (TPSA) is 52.7 Å². The molecule has 5 heteroatoms. The predicted molar refractivity (Wildman–Crippen MR) is 87.1 cm³/mol. The van der Waals surface area contributed by atoms with Crippen molar-refractivity contribution in [3.8, 4) is 0 Å². The first kappa shape index (κ1) is 16.5. The molecule has 0 spiro atoms. The van der Waals surface area contributed by atoms with Gasteiger partial charge in [-0.25, -0.2) is 0 Å². The third-order valence-electron chi connectivity index (χ3n) is 3.86. The minimum Gasteiger partial charge on any atom is -0.351 e. The summed E-state index contributed by atoms with van der Waals surface area (Å²) in [6.45, 7) is 3.02. The van der Waals surface area contributed by atoms with Crippen molar-refractivity contribution in [3.05, 3.63) is 35.4 Å². The molecule has 1 N–H and O–H groups in total. The Bertz CT molecular complexity index is 522. The Morgan fingerprint density at radius 3 is 2.50 bits per heavy atom. The van der Waals surface area contributed by atoms with Gasteiger partial charge in [0.25, 0.3) is 11.8 Å². The van der Waals surface area contributed by atoms with Crippen molar-refractivity contribution in [2.24, 2.45) is 0 Å². The van der Waals surface area contributed by atoms with Gasteiger partial charge in [-0.3, -0.25) is 9.59 Å². The number of carbonyl (C=O) groups is 2. The number of likely N-dealkylation sites (N-methyl/N-ethyl adjacent to an activating group) is 1. The van der Waals surface area contributed by atoms with Gasteiger partial charge in [-0.1, -0.05) is 6.07 Å². The van der Waals surface area contributed by atoms with Crippen LogP contribution in [0.4, 0.5) is 0 Å². The molecular weight excluding hydrogens is 278 g/mol. The maximum atomic E-state index is 12.5. The van der Waals surface area contributed by atoms with Crippen molar-refractivity contribution >= 4 is 11.8 Å². The predicted octanol–water partition coefficient (Wildman–Crippen LogP) is 1.60. The molecule has 1 fully saturated rings. The van der Waals surface area contributed by atoms with E-state index in [2.05, 4.69) is 5.32 Å². The molecule has 0 aromatic heterocycles. The lowest BCUT2D eigenvalue weighted by Crippen LogP contribution is -2.36. The Balaban J connectivity index is 1.99. The van der Waals surface area contributed by atoms with E-state index in [1.54, 1.807) is 24.3 Å². The van der Waals surface area contributed by atoms with Gasteiger partial charge in [-0.2, -0.15) is 0 Å². The van der Waals surface area contributed by atoms with Gasteiger partial charge >= 0.3 is 0 Å². The first-order valence-corrected chi connectivity index (χ1v) is 7.90. The third kappa shape index (κ3) is 4.56.